The lowest BCUT2D eigenvalue weighted by atomic mass is 10.1. The van der Waals surface area contributed by atoms with Crippen LogP contribution in [0.4, 0.5) is 5.69 Å². The number of carbonyl (C=O) groups excluding carboxylic acids is 1. The first kappa shape index (κ1) is 14.4. The van der Waals surface area contributed by atoms with E-state index in [1.165, 1.54) is 5.56 Å². The van der Waals surface area contributed by atoms with Gasteiger partial charge in [-0.05, 0) is 25.5 Å². The third kappa shape index (κ3) is 2.89. The lowest BCUT2D eigenvalue weighted by Gasteiger charge is -2.25. The molecule has 0 bridgehead atoms. The van der Waals surface area contributed by atoms with Crippen molar-refractivity contribution in [3.05, 3.63) is 71.9 Å². The lowest BCUT2D eigenvalue weighted by Crippen LogP contribution is -2.26. The normalized spacial score (nSPS) is 15.0. The number of amides is 1. The summed E-state index contributed by atoms with van der Waals surface area (Å²) in [5.41, 5.74) is 3.84. The van der Waals surface area contributed by atoms with E-state index in [0.717, 1.165) is 23.4 Å². The maximum absolute atomic E-state index is 12.2. The van der Waals surface area contributed by atoms with Gasteiger partial charge in [-0.1, -0.05) is 48.5 Å². The predicted octanol–water partition coefficient (Wildman–Crippen LogP) is 3.89. The zero-order valence-electron chi connectivity index (χ0n) is 12.9. The van der Waals surface area contributed by atoms with E-state index in [4.69, 9.17) is 0 Å². The summed E-state index contributed by atoms with van der Waals surface area (Å²) in [6.07, 6.45) is 1.98. The molecule has 1 aliphatic rings. The highest BCUT2D eigenvalue weighted by atomic mass is 16.2. The minimum Gasteiger partial charge on any atom is -0.370 e. The largest absolute Gasteiger partial charge is 0.370 e. The molecule has 2 aromatic rings. The Bertz CT molecular complexity index is 704. The molecule has 0 fully saturated rings. The van der Waals surface area contributed by atoms with Crippen molar-refractivity contribution in [2.24, 2.45) is 0 Å². The van der Waals surface area contributed by atoms with E-state index in [-0.39, 0.29) is 5.91 Å². The number of hydrogen-bond acceptors (Lipinski definition) is 2. The molecule has 1 aliphatic heterocycles. The van der Waals surface area contributed by atoms with Crippen LogP contribution in [0.15, 0.2) is 60.8 Å². The average molecular weight is 292 g/mol. The first-order valence-corrected chi connectivity index (χ1v) is 7.57. The number of hydrogen-bond donors (Lipinski definition) is 1. The standard InChI is InChI=1S/C19H20N2O/c1-14(2)21(12-15-8-4-3-5-9-15)13-17-16-10-6-7-11-18(16)20-19(17)22/h3-11,13-14H,12H2,1-2H3,(H,20,22)/b17-13+. The first-order chi connectivity index (χ1) is 10.6. The predicted molar refractivity (Wildman–Crippen MR) is 90.2 cm³/mol. The second-order valence-corrected chi connectivity index (χ2v) is 5.79. The van der Waals surface area contributed by atoms with Gasteiger partial charge in [-0.25, -0.2) is 0 Å². The Kier molecular flexibility index (Phi) is 3.96. The van der Waals surface area contributed by atoms with Gasteiger partial charge in [-0.2, -0.15) is 0 Å². The lowest BCUT2D eigenvalue weighted by molar-refractivity contribution is -0.110. The second-order valence-electron chi connectivity index (χ2n) is 5.79. The Hall–Kier alpha value is -2.55. The third-order valence-corrected chi connectivity index (χ3v) is 3.88. The SMILES string of the molecule is CC(C)N(/C=C1/C(=O)Nc2ccccc21)Cc1ccccc1. The molecule has 3 heteroatoms. The maximum Gasteiger partial charge on any atom is 0.257 e. The van der Waals surface area contributed by atoms with Crippen molar-refractivity contribution in [2.75, 3.05) is 5.32 Å². The molecule has 0 saturated heterocycles. The van der Waals surface area contributed by atoms with Gasteiger partial charge in [0.15, 0.2) is 0 Å². The molecular weight excluding hydrogens is 272 g/mol. The molecule has 1 amide bonds. The molecule has 0 radical (unpaired) electrons. The van der Waals surface area contributed by atoms with Crippen LogP contribution in [0.1, 0.15) is 25.0 Å². The zero-order valence-corrected chi connectivity index (χ0v) is 12.9. The van der Waals surface area contributed by atoms with E-state index in [0.29, 0.717) is 6.04 Å². The summed E-state index contributed by atoms with van der Waals surface area (Å²) in [7, 11) is 0. The van der Waals surface area contributed by atoms with Gasteiger partial charge >= 0.3 is 0 Å². The minimum atomic E-state index is -0.0279. The van der Waals surface area contributed by atoms with E-state index in [1.54, 1.807) is 0 Å². The van der Waals surface area contributed by atoms with Crippen LogP contribution in [-0.2, 0) is 11.3 Å². The summed E-state index contributed by atoms with van der Waals surface area (Å²) < 4.78 is 0. The van der Waals surface area contributed by atoms with Crippen LogP contribution in [0.25, 0.3) is 5.57 Å². The number of benzene rings is 2. The van der Waals surface area contributed by atoms with Crippen LogP contribution in [-0.4, -0.2) is 16.8 Å². The van der Waals surface area contributed by atoms with Crippen molar-refractivity contribution >= 4 is 17.2 Å². The summed E-state index contributed by atoms with van der Waals surface area (Å²) in [4.78, 5) is 14.4. The quantitative estimate of drug-likeness (QED) is 0.867. The molecule has 1 N–H and O–H groups in total. The number of nitrogens with one attached hydrogen (secondary N) is 1. The number of fused-ring (bicyclic) bond motifs is 1. The van der Waals surface area contributed by atoms with Gasteiger partial charge in [0, 0.05) is 30.0 Å². The van der Waals surface area contributed by atoms with Crippen molar-refractivity contribution in [1.82, 2.24) is 4.90 Å². The van der Waals surface area contributed by atoms with Crippen molar-refractivity contribution in [3.63, 3.8) is 0 Å². The minimum absolute atomic E-state index is 0.0279. The van der Waals surface area contributed by atoms with Gasteiger partial charge in [-0.15, -0.1) is 0 Å². The number of anilines is 1. The van der Waals surface area contributed by atoms with Crippen molar-refractivity contribution in [2.45, 2.75) is 26.4 Å². The molecule has 0 aromatic heterocycles. The van der Waals surface area contributed by atoms with Gasteiger partial charge in [0.1, 0.15) is 0 Å². The molecule has 22 heavy (non-hydrogen) atoms. The fraction of sp³-hybridized carbons (Fsp3) is 0.211. The highest BCUT2D eigenvalue weighted by molar-refractivity contribution is 6.31. The average Bonchev–Trinajstić information content (AvgIpc) is 2.83. The molecule has 0 saturated carbocycles. The van der Waals surface area contributed by atoms with Gasteiger partial charge in [0.2, 0.25) is 0 Å². The summed E-state index contributed by atoms with van der Waals surface area (Å²) in [6.45, 7) is 5.06. The highest BCUT2D eigenvalue weighted by Crippen LogP contribution is 2.31. The summed E-state index contributed by atoms with van der Waals surface area (Å²) >= 11 is 0. The third-order valence-electron chi connectivity index (χ3n) is 3.88. The van der Waals surface area contributed by atoms with E-state index in [9.17, 15) is 4.79 Å². The van der Waals surface area contributed by atoms with E-state index >= 15 is 0 Å². The molecule has 0 atom stereocenters. The fourth-order valence-corrected chi connectivity index (χ4v) is 2.60. The Morgan fingerprint density at radius 1 is 1.05 bits per heavy atom. The molecule has 0 spiro atoms. The van der Waals surface area contributed by atoms with Crippen LogP contribution in [0, 0.1) is 0 Å². The van der Waals surface area contributed by atoms with E-state index in [1.807, 2.05) is 48.7 Å². The van der Waals surface area contributed by atoms with Crippen LogP contribution in [0.3, 0.4) is 0 Å². The highest BCUT2D eigenvalue weighted by Gasteiger charge is 2.24. The summed E-state index contributed by atoms with van der Waals surface area (Å²) in [5.74, 6) is -0.0279. The molecule has 3 nitrogen and oxygen atoms in total. The molecule has 112 valence electrons. The van der Waals surface area contributed by atoms with Crippen LogP contribution in [0.2, 0.25) is 0 Å². The number of carbonyl (C=O) groups is 1. The number of para-hydroxylation sites is 1. The molecule has 0 aliphatic carbocycles. The Morgan fingerprint density at radius 3 is 2.45 bits per heavy atom. The van der Waals surface area contributed by atoms with Gasteiger partial charge in [0.05, 0.1) is 5.57 Å². The van der Waals surface area contributed by atoms with Crippen molar-refractivity contribution < 1.29 is 4.79 Å². The first-order valence-electron chi connectivity index (χ1n) is 7.57. The molecular formula is C19H20N2O. The molecule has 1 heterocycles. The van der Waals surface area contributed by atoms with E-state index in [2.05, 4.69) is 36.2 Å². The summed E-state index contributed by atoms with van der Waals surface area (Å²) in [6, 6.07) is 18.4. The Morgan fingerprint density at radius 2 is 1.73 bits per heavy atom. The molecule has 2 aromatic carbocycles. The Labute approximate surface area is 131 Å². The molecule has 0 unspecified atom stereocenters. The Balaban J connectivity index is 1.92. The number of nitrogens with zero attached hydrogens (tertiary/aromatic N) is 1. The second kappa shape index (κ2) is 6.06. The van der Waals surface area contributed by atoms with Gasteiger partial charge in [0.25, 0.3) is 5.91 Å². The van der Waals surface area contributed by atoms with Crippen LogP contribution in [0.5, 0.6) is 0 Å². The topological polar surface area (TPSA) is 32.3 Å². The monoisotopic (exact) mass is 292 g/mol. The van der Waals surface area contributed by atoms with E-state index < -0.39 is 0 Å². The van der Waals surface area contributed by atoms with Crippen LogP contribution >= 0.6 is 0 Å². The number of rotatable bonds is 4. The smallest absolute Gasteiger partial charge is 0.257 e. The van der Waals surface area contributed by atoms with Gasteiger partial charge < -0.3 is 10.2 Å². The van der Waals surface area contributed by atoms with Crippen molar-refractivity contribution in [1.29, 1.82) is 0 Å². The molecule has 3 rings (SSSR count). The maximum atomic E-state index is 12.2. The van der Waals surface area contributed by atoms with Gasteiger partial charge in [-0.3, -0.25) is 4.79 Å². The summed E-state index contributed by atoms with van der Waals surface area (Å²) in [5, 5.41) is 2.92. The fourth-order valence-electron chi connectivity index (χ4n) is 2.60. The van der Waals surface area contributed by atoms with Crippen molar-refractivity contribution in [3.8, 4) is 0 Å². The zero-order chi connectivity index (χ0) is 15.5. The van der Waals surface area contributed by atoms with Crippen LogP contribution < -0.4 is 5.32 Å².